The van der Waals surface area contributed by atoms with Gasteiger partial charge in [-0.15, -0.1) is 5.10 Å². The van der Waals surface area contributed by atoms with Crippen LogP contribution in [0.3, 0.4) is 0 Å². The Morgan fingerprint density at radius 3 is 2.65 bits per heavy atom. The molecule has 5 nitrogen and oxygen atoms in total. The van der Waals surface area contributed by atoms with Crippen LogP contribution in [0.5, 0.6) is 0 Å². The Bertz CT molecular complexity index is 1240. The summed E-state index contributed by atoms with van der Waals surface area (Å²) in [5.41, 5.74) is 3.56. The molecule has 0 saturated carbocycles. The molecular formula is C22H15F3N4OS. The number of pyridine rings is 1. The standard InChI is InChI=1S/C22H15F3N4OS/c1-13-2-3-17(28-21(30)20-9-16(11-27-29-20)22(23,24)25)10-18(13)14-4-6-26-19(8-14)15-5-7-31-12-15/h2-12H,1H3,(H,28,30). The van der Waals surface area contributed by atoms with Crippen LogP contribution >= 0.6 is 11.3 Å². The molecule has 9 heteroatoms. The largest absolute Gasteiger partial charge is 0.418 e. The van der Waals surface area contributed by atoms with Crippen molar-refractivity contribution < 1.29 is 18.0 Å². The molecule has 0 radical (unpaired) electrons. The molecule has 0 aliphatic rings. The Balaban J connectivity index is 1.62. The predicted octanol–water partition coefficient (Wildman–Crippen LogP) is 5.85. The van der Waals surface area contributed by atoms with Gasteiger partial charge < -0.3 is 5.32 Å². The monoisotopic (exact) mass is 440 g/mol. The second-order valence-corrected chi connectivity index (χ2v) is 7.53. The fourth-order valence-corrected chi connectivity index (χ4v) is 3.65. The lowest BCUT2D eigenvalue weighted by Gasteiger charge is -2.12. The number of rotatable bonds is 4. The van der Waals surface area contributed by atoms with Crippen molar-refractivity contribution in [1.82, 2.24) is 15.2 Å². The van der Waals surface area contributed by atoms with Crippen LogP contribution in [0.1, 0.15) is 21.6 Å². The lowest BCUT2D eigenvalue weighted by atomic mass is 9.99. The van der Waals surface area contributed by atoms with Crippen molar-refractivity contribution in [3.8, 4) is 22.4 Å². The molecule has 4 aromatic rings. The quantitative estimate of drug-likeness (QED) is 0.433. The summed E-state index contributed by atoms with van der Waals surface area (Å²) < 4.78 is 38.6. The summed E-state index contributed by atoms with van der Waals surface area (Å²) in [6, 6.07) is 11.7. The smallest absolute Gasteiger partial charge is 0.321 e. The first-order valence-electron chi connectivity index (χ1n) is 9.12. The third kappa shape index (κ3) is 4.61. The number of amides is 1. The van der Waals surface area contributed by atoms with Crippen LogP contribution in [-0.4, -0.2) is 21.1 Å². The van der Waals surface area contributed by atoms with E-state index in [-0.39, 0.29) is 0 Å². The molecule has 156 valence electrons. The Morgan fingerprint density at radius 1 is 1.06 bits per heavy atom. The number of hydrogen-bond donors (Lipinski definition) is 1. The van der Waals surface area contributed by atoms with Gasteiger partial charge in [0.15, 0.2) is 5.69 Å². The Kier molecular flexibility index (Phi) is 5.51. The molecule has 3 heterocycles. The van der Waals surface area contributed by atoms with Crippen LogP contribution < -0.4 is 5.32 Å². The number of nitrogens with zero attached hydrogens (tertiary/aromatic N) is 3. The molecule has 0 fully saturated rings. The van der Waals surface area contributed by atoms with Gasteiger partial charge in [0, 0.05) is 22.8 Å². The molecule has 1 aromatic carbocycles. The summed E-state index contributed by atoms with van der Waals surface area (Å²) >= 11 is 1.58. The first kappa shape index (κ1) is 20.7. The zero-order valence-corrected chi connectivity index (χ0v) is 17.0. The van der Waals surface area contributed by atoms with E-state index < -0.39 is 23.3 Å². The molecule has 0 unspecified atom stereocenters. The first-order chi connectivity index (χ1) is 14.8. The normalized spacial score (nSPS) is 11.4. The molecule has 4 rings (SSSR count). The number of hydrogen-bond acceptors (Lipinski definition) is 5. The second-order valence-electron chi connectivity index (χ2n) is 6.75. The first-order valence-corrected chi connectivity index (χ1v) is 10.1. The average molecular weight is 440 g/mol. The van der Waals surface area contributed by atoms with Crippen molar-refractivity contribution in [2.45, 2.75) is 13.1 Å². The van der Waals surface area contributed by atoms with Crippen LogP contribution in [0, 0.1) is 6.92 Å². The lowest BCUT2D eigenvalue weighted by Crippen LogP contribution is -2.16. The molecule has 31 heavy (non-hydrogen) atoms. The van der Waals surface area contributed by atoms with E-state index in [1.165, 1.54) is 0 Å². The minimum atomic E-state index is -4.61. The van der Waals surface area contributed by atoms with Gasteiger partial charge in [-0.25, -0.2) is 0 Å². The third-order valence-corrected chi connectivity index (χ3v) is 5.28. The van der Waals surface area contributed by atoms with Gasteiger partial charge in [-0.05, 0) is 65.4 Å². The minimum Gasteiger partial charge on any atom is -0.321 e. The number of aromatic nitrogens is 3. The van der Waals surface area contributed by atoms with Crippen LogP contribution in [-0.2, 0) is 6.18 Å². The van der Waals surface area contributed by atoms with Gasteiger partial charge in [0.05, 0.1) is 17.5 Å². The minimum absolute atomic E-state index is 0.416. The SMILES string of the molecule is Cc1ccc(NC(=O)c2cc(C(F)(F)F)cnn2)cc1-c1ccnc(-c2ccsc2)c1. The van der Waals surface area contributed by atoms with E-state index in [1.807, 2.05) is 41.9 Å². The van der Waals surface area contributed by atoms with Crippen molar-refractivity contribution in [3.05, 3.63) is 82.4 Å². The Hall–Kier alpha value is -3.59. The number of nitrogens with one attached hydrogen (secondary N) is 1. The van der Waals surface area contributed by atoms with Crippen LogP contribution in [0.4, 0.5) is 18.9 Å². The molecule has 0 spiro atoms. The summed E-state index contributed by atoms with van der Waals surface area (Å²) in [6.45, 7) is 1.93. The second kappa shape index (κ2) is 8.27. The number of aryl methyl sites for hydroxylation is 1. The number of anilines is 1. The predicted molar refractivity (Wildman–Crippen MR) is 113 cm³/mol. The van der Waals surface area contributed by atoms with Gasteiger partial charge in [0.1, 0.15) is 0 Å². The number of alkyl halides is 3. The van der Waals surface area contributed by atoms with Gasteiger partial charge >= 0.3 is 6.18 Å². The zero-order valence-electron chi connectivity index (χ0n) is 16.1. The van der Waals surface area contributed by atoms with Gasteiger partial charge in [0.25, 0.3) is 5.91 Å². The van der Waals surface area contributed by atoms with E-state index in [4.69, 9.17) is 0 Å². The van der Waals surface area contributed by atoms with E-state index in [2.05, 4.69) is 20.5 Å². The molecule has 0 aliphatic heterocycles. The zero-order chi connectivity index (χ0) is 22.0. The van der Waals surface area contributed by atoms with Crippen LogP contribution in [0.15, 0.2) is 65.6 Å². The maximum absolute atomic E-state index is 12.9. The highest BCUT2D eigenvalue weighted by Crippen LogP contribution is 2.31. The van der Waals surface area contributed by atoms with E-state index in [0.717, 1.165) is 27.9 Å². The van der Waals surface area contributed by atoms with Crippen molar-refractivity contribution in [3.63, 3.8) is 0 Å². The third-order valence-electron chi connectivity index (χ3n) is 4.60. The molecule has 0 aliphatic carbocycles. The van der Waals surface area contributed by atoms with Crippen LogP contribution in [0.2, 0.25) is 0 Å². The van der Waals surface area contributed by atoms with E-state index in [0.29, 0.717) is 18.0 Å². The van der Waals surface area contributed by atoms with Crippen LogP contribution in [0.25, 0.3) is 22.4 Å². The fraction of sp³-hybridized carbons (Fsp3) is 0.0909. The van der Waals surface area contributed by atoms with E-state index >= 15 is 0 Å². The Labute approximate surface area is 179 Å². The summed E-state index contributed by atoms with van der Waals surface area (Å²) in [5.74, 6) is -0.776. The lowest BCUT2D eigenvalue weighted by molar-refractivity contribution is -0.137. The maximum atomic E-state index is 12.9. The molecule has 1 N–H and O–H groups in total. The van der Waals surface area contributed by atoms with Crippen molar-refractivity contribution >= 4 is 22.9 Å². The molecule has 0 bridgehead atoms. The van der Waals surface area contributed by atoms with Gasteiger partial charge in [0.2, 0.25) is 0 Å². The number of thiophene rings is 1. The highest BCUT2D eigenvalue weighted by Gasteiger charge is 2.32. The molecule has 1 amide bonds. The number of halogens is 3. The highest BCUT2D eigenvalue weighted by atomic mass is 32.1. The van der Waals surface area contributed by atoms with Gasteiger partial charge in [-0.2, -0.15) is 29.6 Å². The van der Waals surface area contributed by atoms with Crippen molar-refractivity contribution in [1.29, 1.82) is 0 Å². The molecule has 3 aromatic heterocycles. The summed E-state index contributed by atoms with van der Waals surface area (Å²) in [6.07, 6.45) is -2.32. The van der Waals surface area contributed by atoms with Gasteiger partial charge in [-0.1, -0.05) is 6.07 Å². The highest BCUT2D eigenvalue weighted by molar-refractivity contribution is 7.08. The number of benzene rings is 1. The fourth-order valence-electron chi connectivity index (χ4n) is 3.00. The number of carbonyl (C=O) groups excluding carboxylic acids is 1. The molecule has 0 saturated heterocycles. The molecular weight excluding hydrogens is 425 g/mol. The summed E-state index contributed by atoms with van der Waals surface area (Å²) in [5, 5.41) is 13.4. The van der Waals surface area contributed by atoms with Crippen molar-refractivity contribution in [2.24, 2.45) is 0 Å². The van der Waals surface area contributed by atoms with Crippen molar-refractivity contribution in [2.75, 3.05) is 5.32 Å². The van der Waals surface area contributed by atoms with E-state index in [1.54, 1.807) is 29.7 Å². The Morgan fingerprint density at radius 2 is 1.90 bits per heavy atom. The van der Waals surface area contributed by atoms with Gasteiger partial charge in [-0.3, -0.25) is 9.78 Å². The summed E-state index contributed by atoms with van der Waals surface area (Å²) in [4.78, 5) is 16.9. The topological polar surface area (TPSA) is 67.8 Å². The van der Waals surface area contributed by atoms with E-state index in [9.17, 15) is 18.0 Å². The molecule has 0 atom stereocenters. The summed E-state index contributed by atoms with van der Waals surface area (Å²) in [7, 11) is 0. The average Bonchev–Trinajstić information content (AvgIpc) is 3.30. The maximum Gasteiger partial charge on any atom is 0.418 e. The number of carbonyl (C=O) groups is 1.